The van der Waals surface area contributed by atoms with Gasteiger partial charge in [0, 0.05) is 36.3 Å². The number of nitro groups is 1. The SMILES string of the molecule is Cc1cc(S(=O)(=O)N2CC[C@H](NC(=O)OC(C)(C)C)C2)[nH]c1C(=O)NC12c3ccc([C@H]4C[C@@H]4C)cc3OC1(O)c1c(cccc1[N+](=O)[O-])C2O. The molecule has 0 radical (unpaired) electrons. The third-order valence-corrected chi connectivity index (χ3v) is 11.9. The number of benzene rings is 2. The van der Waals surface area contributed by atoms with Crippen LogP contribution < -0.4 is 15.4 Å². The minimum Gasteiger partial charge on any atom is -0.454 e. The Labute approximate surface area is 288 Å². The molecule has 1 saturated heterocycles. The summed E-state index contributed by atoms with van der Waals surface area (Å²) in [6, 6.07) is 9.98. The molecule has 7 rings (SSSR count). The molecule has 0 spiro atoms. The number of nitrogens with one attached hydrogen (secondary N) is 3. The molecular weight excluding hydrogens is 670 g/mol. The summed E-state index contributed by atoms with van der Waals surface area (Å²) in [7, 11) is -4.16. The van der Waals surface area contributed by atoms with Crippen LogP contribution in [0, 0.1) is 23.0 Å². The Morgan fingerprint density at radius 1 is 1.20 bits per heavy atom. The number of H-pyrrole nitrogens is 1. The fourth-order valence-corrected chi connectivity index (χ4v) is 9.11. The number of ether oxygens (including phenoxy) is 2. The van der Waals surface area contributed by atoms with Crippen LogP contribution in [0.2, 0.25) is 0 Å². The molecule has 1 aromatic heterocycles. The molecule has 4 aliphatic rings. The number of nitro benzene ring substituents is 1. The van der Waals surface area contributed by atoms with E-state index in [-0.39, 0.29) is 57.7 Å². The van der Waals surface area contributed by atoms with E-state index in [2.05, 4.69) is 22.5 Å². The van der Waals surface area contributed by atoms with Crippen LogP contribution in [0.25, 0.3) is 0 Å². The highest BCUT2D eigenvalue weighted by atomic mass is 32.2. The summed E-state index contributed by atoms with van der Waals surface area (Å²) in [5, 5.41) is 41.6. The number of carbonyl (C=O) groups excluding carboxylic acids is 2. The van der Waals surface area contributed by atoms with Crippen LogP contribution in [-0.4, -0.2) is 69.6 Å². The van der Waals surface area contributed by atoms with Crippen LogP contribution in [0.5, 0.6) is 5.75 Å². The maximum atomic E-state index is 14.2. The first-order chi connectivity index (χ1) is 23.4. The maximum Gasteiger partial charge on any atom is 0.407 e. The summed E-state index contributed by atoms with van der Waals surface area (Å²) >= 11 is 0. The number of aliphatic hydroxyl groups excluding tert-OH is 1. The lowest BCUT2D eigenvalue weighted by Crippen LogP contribution is -2.59. The van der Waals surface area contributed by atoms with E-state index in [1.165, 1.54) is 35.5 Å². The van der Waals surface area contributed by atoms with Crippen molar-refractivity contribution >= 4 is 27.7 Å². The maximum absolute atomic E-state index is 14.2. The molecule has 3 heterocycles. The monoisotopic (exact) mass is 709 g/mol. The number of rotatable bonds is 7. The van der Waals surface area contributed by atoms with Crippen LogP contribution in [0.15, 0.2) is 47.5 Å². The molecule has 2 fully saturated rings. The molecular formula is C34H39N5O10S. The number of carbonyl (C=O) groups is 2. The van der Waals surface area contributed by atoms with E-state index in [0.717, 1.165) is 12.0 Å². The average Bonchev–Trinajstić information content (AvgIpc) is 3.31. The zero-order valence-electron chi connectivity index (χ0n) is 28.1. The van der Waals surface area contributed by atoms with Gasteiger partial charge in [-0.05, 0) is 75.6 Å². The second kappa shape index (κ2) is 11.2. The molecule has 2 aromatic carbocycles. The molecule has 2 aliphatic heterocycles. The summed E-state index contributed by atoms with van der Waals surface area (Å²) in [6.45, 7) is 8.88. The topological polar surface area (TPSA) is 213 Å². The molecule has 2 aliphatic carbocycles. The van der Waals surface area contributed by atoms with Gasteiger partial charge in [0.1, 0.15) is 33.7 Å². The number of aromatic amines is 1. The lowest BCUT2D eigenvalue weighted by atomic mass is 9.81. The van der Waals surface area contributed by atoms with Gasteiger partial charge in [-0.1, -0.05) is 31.2 Å². The highest BCUT2D eigenvalue weighted by Gasteiger charge is 2.73. The van der Waals surface area contributed by atoms with Crippen molar-refractivity contribution in [1.82, 2.24) is 19.9 Å². The predicted octanol–water partition coefficient (Wildman–Crippen LogP) is 3.55. The predicted molar refractivity (Wildman–Crippen MR) is 177 cm³/mol. The average molecular weight is 710 g/mol. The molecule has 2 amide bonds. The number of amides is 2. The highest BCUT2D eigenvalue weighted by molar-refractivity contribution is 7.89. The third kappa shape index (κ3) is 5.15. The number of alkyl carbamates (subject to hydrolysis) is 1. The Kier molecular flexibility index (Phi) is 7.64. The third-order valence-electron chi connectivity index (χ3n) is 10.1. The lowest BCUT2D eigenvalue weighted by Gasteiger charge is -2.37. The molecule has 266 valence electrons. The summed E-state index contributed by atoms with van der Waals surface area (Å²) in [5.74, 6) is -2.64. The van der Waals surface area contributed by atoms with Crippen molar-refractivity contribution in [2.75, 3.05) is 13.1 Å². The van der Waals surface area contributed by atoms with Gasteiger partial charge in [0.05, 0.1) is 4.92 Å². The zero-order chi connectivity index (χ0) is 36.1. The number of sulfonamides is 1. The van der Waals surface area contributed by atoms with Gasteiger partial charge in [-0.15, -0.1) is 0 Å². The van der Waals surface area contributed by atoms with Crippen molar-refractivity contribution in [2.45, 2.75) is 87.5 Å². The van der Waals surface area contributed by atoms with E-state index in [1.807, 2.05) is 6.07 Å². The second-order valence-corrected chi connectivity index (χ2v) is 16.6. The first-order valence-corrected chi connectivity index (χ1v) is 17.8. The van der Waals surface area contributed by atoms with Gasteiger partial charge >= 0.3 is 6.09 Å². The molecule has 0 bridgehead atoms. The molecule has 3 aromatic rings. The fourth-order valence-electron chi connectivity index (χ4n) is 7.55. The van der Waals surface area contributed by atoms with Gasteiger partial charge in [0.15, 0.2) is 5.54 Å². The second-order valence-electron chi connectivity index (χ2n) is 14.7. The van der Waals surface area contributed by atoms with Crippen molar-refractivity contribution in [3.63, 3.8) is 0 Å². The first kappa shape index (κ1) is 34.0. The Morgan fingerprint density at radius 3 is 2.58 bits per heavy atom. The Bertz CT molecular complexity index is 2060. The molecule has 5 N–H and O–H groups in total. The number of hydrogen-bond donors (Lipinski definition) is 5. The quantitative estimate of drug-likeness (QED) is 0.178. The summed E-state index contributed by atoms with van der Waals surface area (Å²) in [4.78, 5) is 40.6. The molecule has 6 atom stereocenters. The van der Waals surface area contributed by atoms with Gasteiger partial charge in [0.2, 0.25) is 0 Å². The van der Waals surface area contributed by atoms with E-state index in [1.54, 1.807) is 32.9 Å². The lowest BCUT2D eigenvalue weighted by molar-refractivity contribution is -0.388. The highest BCUT2D eigenvalue weighted by Crippen LogP contribution is 2.65. The van der Waals surface area contributed by atoms with Crippen LogP contribution in [0.4, 0.5) is 10.5 Å². The van der Waals surface area contributed by atoms with E-state index in [4.69, 9.17) is 9.47 Å². The van der Waals surface area contributed by atoms with Gasteiger partial charge in [0.25, 0.3) is 27.4 Å². The smallest absolute Gasteiger partial charge is 0.407 e. The number of hydrogen-bond acceptors (Lipinski definition) is 10. The molecule has 1 saturated carbocycles. The molecule has 50 heavy (non-hydrogen) atoms. The largest absolute Gasteiger partial charge is 0.454 e. The summed E-state index contributed by atoms with van der Waals surface area (Å²) in [5.41, 5.74) is -2.44. The van der Waals surface area contributed by atoms with E-state index < -0.39 is 61.7 Å². The van der Waals surface area contributed by atoms with E-state index >= 15 is 0 Å². The fraction of sp³-hybridized carbons (Fsp3) is 0.471. The van der Waals surface area contributed by atoms with Crippen LogP contribution in [-0.2, 0) is 26.1 Å². The number of aryl methyl sites for hydroxylation is 1. The van der Waals surface area contributed by atoms with E-state index in [0.29, 0.717) is 12.3 Å². The summed E-state index contributed by atoms with van der Waals surface area (Å²) < 4.78 is 40.0. The molecule has 16 heteroatoms. The van der Waals surface area contributed by atoms with Crippen LogP contribution in [0.1, 0.15) is 90.9 Å². The van der Waals surface area contributed by atoms with E-state index in [9.17, 15) is 38.3 Å². The Morgan fingerprint density at radius 2 is 1.92 bits per heavy atom. The normalized spacial score (nSPS) is 28.3. The number of nitrogens with zero attached hydrogens (tertiary/aromatic N) is 2. The van der Waals surface area contributed by atoms with Crippen LogP contribution in [0.3, 0.4) is 0 Å². The van der Waals surface area contributed by atoms with Crippen molar-refractivity contribution < 1.29 is 42.6 Å². The number of aliphatic hydroxyl groups is 2. The summed E-state index contributed by atoms with van der Waals surface area (Å²) in [6.07, 6.45) is -1.06. The minimum absolute atomic E-state index is 0.00240. The minimum atomic E-state index is -4.16. The Balaban J connectivity index is 1.21. The van der Waals surface area contributed by atoms with Gasteiger partial charge in [-0.25, -0.2) is 13.2 Å². The zero-order valence-corrected chi connectivity index (χ0v) is 29.0. The van der Waals surface area contributed by atoms with Crippen molar-refractivity contribution in [3.05, 3.63) is 86.1 Å². The van der Waals surface area contributed by atoms with Crippen LogP contribution >= 0.6 is 0 Å². The first-order valence-electron chi connectivity index (χ1n) is 16.4. The standard InChI is InChI=1S/C34H39N5O10S/c1-17-13-22(17)19-9-10-23-25(15-19)48-34(43)27-21(7-6-8-24(27)39(44)45)29(40)33(23,34)37-30(41)28-18(2)14-26(36-28)50(46,47)38-12-11-20(16-38)35-31(42)49-32(3,4)5/h6-10,14-15,17,20,22,29,36,40,43H,11-13,16H2,1-5H3,(H,35,42)(H,37,41)/t17-,20-,22-,29?,33?,34?/m0/s1. The molecule has 3 unspecified atom stereocenters. The number of fused-ring (bicyclic) bond motifs is 5. The Hall–Kier alpha value is -4.51. The van der Waals surface area contributed by atoms with Crippen molar-refractivity contribution in [2.24, 2.45) is 5.92 Å². The van der Waals surface area contributed by atoms with Gasteiger partial charge < -0.3 is 35.3 Å². The molecule has 15 nitrogen and oxygen atoms in total. The van der Waals surface area contributed by atoms with Crippen molar-refractivity contribution in [1.29, 1.82) is 0 Å². The van der Waals surface area contributed by atoms with Crippen molar-refractivity contribution in [3.8, 4) is 5.75 Å². The van der Waals surface area contributed by atoms with Gasteiger partial charge in [-0.2, -0.15) is 4.31 Å². The number of aromatic nitrogens is 1. The van der Waals surface area contributed by atoms with Gasteiger partial charge in [-0.3, -0.25) is 14.9 Å².